The van der Waals surface area contributed by atoms with Crippen molar-refractivity contribution in [2.75, 3.05) is 17.9 Å². The van der Waals surface area contributed by atoms with Crippen molar-refractivity contribution in [3.8, 4) is 0 Å². The van der Waals surface area contributed by atoms with E-state index >= 15 is 0 Å². The molecule has 0 aliphatic carbocycles. The summed E-state index contributed by atoms with van der Waals surface area (Å²) < 4.78 is 51.8. The van der Waals surface area contributed by atoms with Gasteiger partial charge in [0.1, 0.15) is 5.69 Å². The number of fused-ring (bicyclic) bond motifs is 1. The number of nitrogens with zero attached hydrogens (tertiary/aromatic N) is 1. The molecule has 1 heterocycles. The summed E-state index contributed by atoms with van der Waals surface area (Å²) >= 11 is 0. The summed E-state index contributed by atoms with van der Waals surface area (Å²) in [6.45, 7) is 0.738. The van der Waals surface area contributed by atoms with Crippen LogP contribution in [0.2, 0.25) is 0 Å². The lowest BCUT2D eigenvalue weighted by molar-refractivity contribution is 0.452. The van der Waals surface area contributed by atoms with E-state index in [0.29, 0.717) is 18.5 Å². The molecule has 3 rings (SSSR count). The van der Waals surface area contributed by atoms with E-state index in [-0.39, 0.29) is 0 Å². The molecule has 0 spiro atoms. The van der Waals surface area contributed by atoms with Crippen LogP contribution in [-0.2, 0) is 6.42 Å². The van der Waals surface area contributed by atoms with E-state index in [0.717, 1.165) is 35.0 Å². The second-order valence-corrected chi connectivity index (χ2v) is 8.28. The predicted octanol–water partition coefficient (Wildman–Crippen LogP) is 4.69. The smallest absolute Gasteiger partial charge is 0.151 e. The Morgan fingerprint density at radius 2 is 1.80 bits per heavy atom. The fourth-order valence-corrected chi connectivity index (χ4v) is 5.33. The number of para-hydroxylation sites is 2. The normalized spacial score (nSPS) is 20.2. The molecule has 1 atom stereocenters. The number of hydrogen-bond acceptors (Lipinski definition) is 4. The second-order valence-electron chi connectivity index (χ2n) is 6.13. The van der Waals surface area contributed by atoms with Crippen molar-refractivity contribution in [2.45, 2.75) is 24.5 Å². The van der Waals surface area contributed by atoms with Crippen LogP contribution in [0.5, 0.6) is 0 Å². The van der Waals surface area contributed by atoms with Crippen LogP contribution in [0, 0.1) is 11.6 Å². The zero-order valence-electron chi connectivity index (χ0n) is 14.0. The van der Waals surface area contributed by atoms with Gasteiger partial charge in [-0.15, -0.1) is 10.8 Å². The van der Waals surface area contributed by atoms with Gasteiger partial charge in [-0.3, -0.25) is 9.11 Å². The number of hydrogen-bond donors (Lipinski definition) is 3. The first-order valence-corrected chi connectivity index (χ1v) is 9.77. The monoisotopic (exact) mass is 368 g/mol. The Morgan fingerprint density at radius 1 is 1.12 bits per heavy atom. The molecule has 4 nitrogen and oxygen atoms in total. The van der Waals surface area contributed by atoms with Crippen LogP contribution in [0.25, 0.3) is 0 Å². The van der Waals surface area contributed by atoms with Crippen molar-refractivity contribution in [1.29, 1.82) is 0 Å². The number of nitrogens with one attached hydrogen (secondary N) is 1. The standard InChI is InChI=1S/C18H22F2N2O2S/c1-21-11-5-7-14-12-13-6-2-3-10-17(13)22(25(14,23)24)18-15(19)8-4-9-16(18)20/h2-4,6,8-10,14,21,23-24H,5,7,11-12H2,1H3. The summed E-state index contributed by atoms with van der Waals surface area (Å²) in [5.74, 6) is -1.63. The number of anilines is 2. The SMILES string of the molecule is CNCCCC1Cc2ccccc2N(c2c(F)cccc2F)S1(O)O. The van der Waals surface area contributed by atoms with E-state index < -0.39 is 33.3 Å². The molecule has 1 unspecified atom stereocenters. The fourth-order valence-electron chi connectivity index (χ4n) is 3.24. The Labute approximate surface area is 148 Å². The highest BCUT2D eigenvalue weighted by Crippen LogP contribution is 2.61. The Bertz CT molecular complexity index is 737. The average molecular weight is 368 g/mol. The molecule has 1 aliphatic heterocycles. The minimum Gasteiger partial charge on any atom is -0.320 e. The summed E-state index contributed by atoms with van der Waals surface area (Å²) in [5, 5.41) is 2.54. The van der Waals surface area contributed by atoms with Crippen LogP contribution in [-0.4, -0.2) is 27.9 Å². The molecule has 136 valence electrons. The first-order valence-electron chi connectivity index (χ1n) is 8.20. The lowest BCUT2D eigenvalue weighted by Gasteiger charge is -2.52. The van der Waals surface area contributed by atoms with Gasteiger partial charge in [0.25, 0.3) is 0 Å². The van der Waals surface area contributed by atoms with Crippen molar-refractivity contribution < 1.29 is 17.9 Å². The summed E-state index contributed by atoms with van der Waals surface area (Å²) in [5.41, 5.74) is 0.885. The number of halogens is 2. The molecule has 3 N–H and O–H groups in total. The largest absolute Gasteiger partial charge is 0.320 e. The van der Waals surface area contributed by atoms with Gasteiger partial charge < -0.3 is 5.32 Å². The zero-order valence-corrected chi connectivity index (χ0v) is 14.8. The van der Waals surface area contributed by atoms with E-state index in [9.17, 15) is 17.9 Å². The predicted molar refractivity (Wildman–Crippen MR) is 98.4 cm³/mol. The minimum atomic E-state index is -3.43. The third-order valence-corrected chi connectivity index (χ3v) is 6.68. The number of rotatable bonds is 5. The lowest BCUT2D eigenvalue weighted by atomic mass is 10.0. The van der Waals surface area contributed by atoms with Crippen molar-refractivity contribution >= 4 is 22.2 Å². The van der Waals surface area contributed by atoms with Crippen LogP contribution in [0.15, 0.2) is 42.5 Å². The highest BCUT2D eigenvalue weighted by Gasteiger charge is 2.41. The maximum absolute atomic E-state index is 14.4. The lowest BCUT2D eigenvalue weighted by Crippen LogP contribution is -2.38. The third kappa shape index (κ3) is 3.37. The van der Waals surface area contributed by atoms with E-state index in [4.69, 9.17) is 0 Å². The maximum atomic E-state index is 14.4. The van der Waals surface area contributed by atoms with E-state index in [2.05, 4.69) is 5.32 Å². The first-order chi connectivity index (χ1) is 12.0. The van der Waals surface area contributed by atoms with Gasteiger partial charge in [0.15, 0.2) is 11.6 Å². The van der Waals surface area contributed by atoms with Crippen LogP contribution in [0.4, 0.5) is 20.2 Å². The van der Waals surface area contributed by atoms with Gasteiger partial charge >= 0.3 is 0 Å². The van der Waals surface area contributed by atoms with Gasteiger partial charge in [-0.1, -0.05) is 24.3 Å². The van der Waals surface area contributed by atoms with Gasteiger partial charge in [-0.25, -0.2) is 13.1 Å². The molecule has 25 heavy (non-hydrogen) atoms. The molecule has 0 amide bonds. The fraction of sp³-hybridized carbons (Fsp3) is 0.333. The molecular formula is C18H22F2N2O2S. The Balaban J connectivity index is 2.10. The quantitative estimate of drug-likeness (QED) is 0.670. The highest BCUT2D eigenvalue weighted by molar-refractivity contribution is 8.26. The molecular weight excluding hydrogens is 346 g/mol. The number of benzene rings is 2. The van der Waals surface area contributed by atoms with Gasteiger partial charge in [0.05, 0.1) is 10.9 Å². The molecule has 2 aromatic rings. The van der Waals surface area contributed by atoms with E-state index in [1.807, 2.05) is 19.2 Å². The van der Waals surface area contributed by atoms with Crippen molar-refractivity contribution in [2.24, 2.45) is 0 Å². The summed E-state index contributed by atoms with van der Waals surface area (Å²) in [6.07, 6.45) is 1.76. The summed E-state index contributed by atoms with van der Waals surface area (Å²) in [7, 11) is -1.60. The molecule has 0 radical (unpaired) electrons. The highest BCUT2D eigenvalue weighted by atomic mass is 32.3. The average Bonchev–Trinajstić information content (AvgIpc) is 2.57. The van der Waals surface area contributed by atoms with Gasteiger partial charge in [0.2, 0.25) is 0 Å². The molecule has 0 bridgehead atoms. The molecule has 0 saturated carbocycles. The molecule has 2 aromatic carbocycles. The Kier molecular flexibility index (Phi) is 5.29. The molecule has 7 heteroatoms. The second kappa shape index (κ2) is 7.29. The van der Waals surface area contributed by atoms with Gasteiger partial charge in [0, 0.05) is 0 Å². The minimum absolute atomic E-state index is 0.409. The van der Waals surface area contributed by atoms with Crippen LogP contribution >= 0.6 is 10.8 Å². The van der Waals surface area contributed by atoms with E-state index in [1.165, 1.54) is 6.07 Å². The summed E-state index contributed by atoms with van der Waals surface area (Å²) in [6, 6.07) is 10.6. The molecule has 0 aromatic heterocycles. The van der Waals surface area contributed by atoms with Crippen LogP contribution in [0.1, 0.15) is 18.4 Å². The Hall–Kier alpha value is -1.67. The molecule has 0 saturated heterocycles. The van der Waals surface area contributed by atoms with Gasteiger partial charge in [-0.05, 0) is 56.6 Å². The summed E-state index contributed by atoms with van der Waals surface area (Å²) in [4.78, 5) is 0. The van der Waals surface area contributed by atoms with Gasteiger partial charge in [-0.2, -0.15) is 0 Å². The van der Waals surface area contributed by atoms with Crippen molar-refractivity contribution in [1.82, 2.24) is 5.32 Å². The zero-order chi connectivity index (χ0) is 18.0. The molecule has 0 fully saturated rings. The van der Waals surface area contributed by atoms with Crippen LogP contribution in [0.3, 0.4) is 0 Å². The van der Waals surface area contributed by atoms with E-state index in [1.54, 1.807) is 12.1 Å². The molecule has 1 aliphatic rings. The maximum Gasteiger partial charge on any atom is 0.151 e. The Morgan fingerprint density at radius 3 is 2.48 bits per heavy atom. The van der Waals surface area contributed by atoms with Crippen molar-refractivity contribution in [3.63, 3.8) is 0 Å². The van der Waals surface area contributed by atoms with Crippen LogP contribution < -0.4 is 9.62 Å². The third-order valence-electron chi connectivity index (χ3n) is 4.47. The van der Waals surface area contributed by atoms with Crippen molar-refractivity contribution in [3.05, 3.63) is 59.7 Å². The topological polar surface area (TPSA) is 55.7 Å². The first kappa shape index (κ1) is 18.1.